The van der Waals surface area contributed by atoms with Crippen LogP contribution in [-0.4, -0.2) is 70.4 Å². The van der Waals surface area contributed by atoms with E-state index in [1.165, 1.54) is 0 Å². The maximum Gasteiger partial charge on any atom is 0.225 e. The molecule has 0 spiro atoms. The third-order valence-electron chi connectivity index (χ3n) is 7.50. The molecule has 1 aliphatic carbocycles. The van der Waals surface area contributed by atoms with Gasteiger partial charge in [-0.1, -0.05) is 27.7 Å². The van der Waals surface area contributed by atoms with Crippen LogP contribution >= 0.6 is 0 Å². The van der Waals surface area contributed by atoms with Gasteiger partial charge in [0.25, 0.3) is 0 Å². The molecule has 6 nitrogen and oxygen atoms in total. The van der Waals surface area contributed by atoms with Crippen LogP contribution < -0.4 is 4.90 Å². The predicted octanol–water partition coefficient (Wildman–Crippen LogP) is 4.25. The highest BCUT2D eigenvalue weighted by Gasteiger charge is 2.36. The number of carbonyl (C=O) groups excluding carboxylic acids is 1. The van der Waals surface area contributed by atoms with Gasteiger partial charge in [0.05, 0.1) is 0 Å². The van der Waals surface area contributed by atoms with Crippen molar-refractivity contribution < 1.29 is 4.79 Å². The first-order valence-corrected chi connectivity index (χ1v) is 12.8. The van der Waals surface area contributed by atoms with Crippen LogP contribution in [0.25, 0.3) is 0 Å². The third kappa shape index (κ3) is 5.88. The standard InChI is InChI=1S/C26H45N5O/c1-8-23-16-30(19(5)6)17-24(9-2)31(23)26-27-12-21(13-28-26)15-29(7)14-20-10-22(11-20)25(32)18(3)4/h12-13,18-20,22-24H,8-11,14-17H2,1-7H3. The van der Waals surface area contributed by atoms with Crippen molar-refractivity contribution in [1.29, 1.82) is 0 Å². The Morgan fingerprint density at radius 3 is 2.09 bits per heavy atom. The minimum atomic E-state index is 0.169. The third-order valence-corrected chi connectivity index (χ3v) is 7.50. The second-order valence-electron chi connectivity index (χ2n) is 10.8. The lowest BCUT2D eigenvalue weighted by atomic mass is 9.70. The SMILES string of the molecule is CCC1CN(C(C)C)CC(CC)N1c1ncc(CN(C)CC2CC(C(=O)C(C)C)C2)cn1. The number of rotatable bonds is 10. The zero-order valence-corrected chi connectivity index (χ0v) is 21.4. The average Bonchev–Trinajstić information content (AvgIpc) is 2.74. The number of carbonyl (C=O) groups is 1. The number of Topliss-reactive ketones (excluding diaryl/α,β-unsaturated/α-hetero) is 1. The largest absolute Gasteiger partial charge is 0.332 e. The number of hydrogen-bond donors (Lipinski definition) is 0. The van der Waals surface area contributed by atoms with Crippen LogP contribution in [0.15, 0.2) is 12.4 Å². The molecule has 2 unspecified atom stereocenters. The molecule has 6 heteroatoms. The molecule has 2 aliphatic rings. The molecular weight excluding hydrogens is 398 g/mol. The van der Waals surface area contributed by atoms with Gasteiger partial charge in [-0.2, -0.15) is 0 Å². The highest BCUT2D eigenvalue weighted by atomic mass is 16.1. The smallest absolute Gasteiger partial charge is 0.225 e. The van der Waals surface area contributed by atoms with Gasteiger partial charge in [0.15, 0.2) is 0 Å². The van der Waals surface area contributed by atoms with Gasteiger partial charge in [0.1, 0.15) is 5.78 Å². The highest BCUT2D eigenvalue weighted by molar-refractivity contribution is 5.83. The maximum atomic E-state index is 12.1. The van der Waals surface area contributed by atoms with Gasteiger partial charge < -0.3 is 9.80 Å². The molecule has 1 saturated carbocycles. The molecule has 180 valence electrons. The number of nitrogens with zero attached hydrogens (tertiary/aromatic N) is 5. The summed E-state index contributed by atoms with van der Waals surface area (Å²) in [4.78, 5) is 29.2. The number of hydrogen-bond acceptors (Lipinski definition) is 6. The first-order chi connectivity index (χ1) is 15.2. The summed E-state index contributed by atoms with van der Waals surface area (Å²) in [7, 11) is 2.16. The molecular formula is C26H45N5O. The summed E-state index contributed by atoms with van der Waals surface area (Å²) in [5.74, 6) is 2.43. The second-order valence-corrected chi connectivity index (χ2v) is 10.8. The zero-order chi connectivity index (χ0) is 23.4. The van der Waals surface area contributed by atoms with Crippen molar-refractivity contribution in [2.45, 2.75) is 91.9 Å². The Hall–Kier alpha value is -1.53. The van der Waals surface area contributed by atoms with Crippen LogP contribution in [-0.2, 0) is 11.3 Å². The molecule has 0 radical (unpaired) electrons. The molecule has 0 aromatic carbocycles. The predicted molar refractivity (Wildman–Crippen MR) is 132 cm³/mol. The van der Waals surface area contributed by atoms with E-state index in [1.807, 2.05) is 26.2 Å². The van der Waals surface area contributed by atoms with Gasteiger partial charge in [-0.25, -0.2) is 9.97 Å². The number of anilines is 1. The van der Waals surface area contributed by atoms with Crippen molar-refractivity contribution in [2.75, 3.05) is 31.6 Å². The van der Waals surface area contributed by atoms with E-state index >= 15 is 0 Å². The Morgan fingerprint density at radius 2 is 1.62 bits per heavy atom. The molecule has 1 aromatic heterocycles. The minimum Gasteiger partial charge on any atom is -0.332 e. The highest BCUT2D eigenvalue weighted by Crippen LogP contribution is 2.36. The first-order valence-electron chi connectivity index (χ1n) is 12.8. The number of aromatic nitrogens is 2. The Bertz CT molecular complexity index is 714. The lowest BCUT2D eigenvalue weighted by Gasteiger charge is -2.48. The molecule has 1 aromatic rings. The Morgan fingerprint density at radius 1 is 1.06 bits per heavy atom. The van der Waals surface area contributed by atoms with Crippen LogP contribution in [0.1, 0.15) is 72.8 Å². The number of piperazine rings is 1. The van der Waals surface area contributed by atoms with Crippen LogP contribution in [0.4, 0.5) is 5.95 Å². The Labute approximate surface area is 195 Å². The Kier molecular flexibility index (Phi) is 8.68. The molecule has 1 aliphatic heterocycles. The van der Waals surface area contributed by atoms with Crippen molar-refractivity contribution in [3.63, 3.8) is 0 Å². The van der Waals surface area contributed by atoms with E-state index in [9.17, 15) is 4.79 Å². The molecule has 3 rings (SSSR count). The van der Waals surface area contributed by atoms with Gasteiger partial charge in [-0.3, -0.25) is 9.69 Å². The van der Waals surface area contributed by atoms with Crippen molar-refractivity contribution in [3.8, 4) is 0 Å². The van der Waals surface area contributed by atoms with E-state index in [4.69, 9.17) is 9.97 Å². The van der Waals surface area contributed by atoms with E-state index in [2.05, 4.69) is 49.4 Å². The van der Waals surface area contributed by atoms with Gasteiger partial charge in [0.2, 0.25) is 5.95 Å². The molecule has 2 atom stereocenters. The molecule has 32 heavy (non-hydrogen) atoms. The van der Waals surface area contributed by atoms with E-state index in [0.717, 1.165) is 63.4 Å². The van der Waals surface area contributed by atoms with Gasteiger partial charge >= 0.3 is 0 Å². The summed E-state index contributed by atoms with van der Waals surface area (Å²) in [6.07, 6.45) is 8.34. The molecule has 0 bridgehead atoms. The summed E-state index contributed by atoms with van der Waals surface area (Å²) in [6, 6.07) is 1.50. The van der Waals surface area contributed by atoms with Gasteiger partial charge in [-0.15, -0.1) is 0 Å². The quantitative estimate of drug-likeness (QED) is 0.539. The maximum absolute atomic E-state index is 12.1. The Balaban J connectivity index is 1.55. The van der Waals surface area contributed by atoms with Crippen LogP contribution in [0.2, 0.25) is 0 Å². The lowest BCUT2D eigenvalue weighted by Crippen LogP contribution is -2.60. The van der Waals surface area contributed by atoms with E-state index < -0.39 is 0 Å². The summed E-state index contributed by atoms with van der Waals surface area (Å²) in [5, 5.41) is 0. The normalized spacial score (nSPS) is 26.8. The molecule has 1 saturated heterocycles. The van der Waals surface area contributed by atoms with Crippen molar-refractivity contribution >= 4 is 11.7 Å². The van der Waals surface area contributed by atoms with Gasteiger partial charge in [0, 0.05) is 74.1 Å². The average molecular weight is 444 g/mol. The summed E-state index contributed by atoms with van der Waals surface area (Å²) in [5.41, 5.74) is 1.16. The van der Waals surface area contributed by atoms with Crippen molar-refractivity contribution in [3.05, 3.63) is 18.0 Å². The second kappa shape index (κ2) is 11.1. The van der Waals surface area contributed by atoms with Crippen LogP contribution in [0.5, 0.6) is 0 Å². The van der Waals surface area contributed by atoms with Crippen LogP contribution in [0.3, 0.4) is 0 Å². The van der Waals surface area contributed by atoms with Crippen molar-refractivity contribution in [2.24, 2.45) is 17.8 Å². The molecule has 0 amide bonds. The fourth-order valence-electron chi connectivity index (χ4n) is 5.46. The molecule has 0 N–H and O–H groups in total. The molecule has 2 fully saturated rings. The molecule has 2 heterocycles. The van der Waals surface area contributed by atoms with E-state index in [0.29, 0.717) is 35.7 Å². The fraction of sp³-hybridized carbons (Fsp3) is 0.808. The van der Waals surface area contributed by atoms with Gasteiger partial charge in [-0.05, 0) is 52.5 Å². The number of ketones is 1. The first kappa shape index (κ1) is 25.1. The zero-order valence-electron chi connectivity index (χ0n) is 21.4. The summed E-state index contributed by atoms with van der Waals surface area (Å²) < 4.78 is 0. The monoisotopic (exact) mass is 443 g/mol. The fourth-order valence-corrected chi connectivity index (χ4v) is 5.46. The van der Waals surface area contributed by atoms with Crippen LogP contribution in [0, 0.1) is 17.8 Å². The minimum absolute atomic E-state index is 0.169. The van der Waals surface area contributed by atoms with E-state index in [1.54, 1.807) is 0 Å². The topological polar surface area (TPSA) is 52.6 Å². The van der Waals surface area contributed by atoms with Crippen molar-refractivity contribution in [1.82, 2.24) is 19.8 Å². The van der Waals surface area contributed by atoms with E-state index in [-0.39, 0.29) is 5.92 Å². The summed E-state index contributed by atoms with van der Waals surface area (Å²) >= 11 is 0. The lowest BCUT2D eigenvalue weighted by molar-refractivity contribution is -0.130. The summed E-state index contributed by atoms with van der Waals surface area (Å²) in [6.45, 7) is 17.2.